The van der Waals surface area contributed by atoms with E-state index in [9.17, 15) is 4.39 Å². The summed E-state index contributed by atoms with van der Waals surface area (Å²) in [4.78, 5) is 4.44. The van der Waals surface area contributed by atoms with Crippen LogP contribution in [0.25, 0.3) is 22.3 Å². The Labute approximate surface area is 196 Å². The Hall–Kier alpha value is -3.01. The Morgan fingerprint density at radius 2 is 1.61 bits per heavy atom. The molecule has 0 aliphatic carbocycles. The standard InChI is InChI=1S/C29H34F2N2/c1-17(2)9-8-10-22-11-12-23(15-25(22)30)27-19(5)20(6)28(29(31)21(27)7)24-13-14-26(32-16-24)33-18(3)4/h9,11-16,18H,8,10H2,1-7H3,(H,32,33). The molecule has 0 saturated carbocycles. The smallest absolute Gasteiger partial charge is 0.134 e. The second-order valence-electron chi connectivity index (χ2n) is 9.30. The quantitative estimate of drug-likeness (QED) is 0.367. The highest BCUT2D eigenvalue weighted by atomic mass is 19.1. The van der Waals surface area contributed by atoms with Crippen LogP contribution in [0.4, 0.5) is 14.6 Å². The Morgan fingerprint density at radius 1 is 0.939 bits per heavy atom. The summed E-state index contributed by atoms with van der Waals surface area (Å²) >= 11 is 0. The molecule has 0 aliphatic heterocycles. The number of rotatable bonds is 7. The minimum Gasteiger partial charge on any atom is -0.368 e. The van der Waals surface area contributed by atoms with Crippen molar-refractivity contribution in [2.45, 2.75) is 67.3 Å². The fraction of sp³-hybridized carbons (Fsp3) is 0.345. The SMILES string of the molecule is CC(C)=CCCc1ccc(-c2c(C)c(C)c(-c3ccc(NC(C)C)nc3)c(F)c2C)cc1F. The van der Waals surface area contributed by atoms with Gasteiger partial charge in [0.2, 0.25) is 0 Å². The lowest BCUT2D eigenvalue weighted by atomic mass is 9.86. The number of halogens is 2. The number of pyridine rings is 1. The molecule has 2 nitrogen and oxygen atoms in total. The van der Waals surface area contributed by atoms with Gasteiger partial charge < -0.3 is 5.32 Å². The normalized spacial score (nSPS) is 11.1. The van der Waals surface area contributed by atoms with Crippen molar-refractivity contribution in [1.82, 2.24) is 4.98 Å². The third kappa shape index (κ3) is 5.50. The number of aryl methyl sites for hydroxylation is 1. The van der Waals surface area contributed by atoms with Crippen LogP contribution in [0.5, 0.6) is 0 Å². The van der Waals surface area contributed by atoms with Crippen LogP contribution in [0.15, 0.2) is 48.2 Å². The Morgan fingerprint density at radius 3 is 2.18 bits per heavy atom. The first-order chi connectivity index (χ1) is 15.6. The fourth-order valence-electron chi connectivity index (χ4n) is 4.24. The first-order valence-corrected chi connectivity index (χ1v) is 11.5. The van der Waals surface area contributed by atoms with Gasteiger partial charge in [0.25, 0.3) is 0 Å². The molecule has 0 spiro atoms. The molecule has 0 aliphatic rings. The van der Waals surface area contributed by atoms with Gasteiger partial charge in [0.15, 0.2) is 0 Å². The molecule has 1 heterocycles. The molecule has 3 rings (SSSR count). The van der Waals surface area contributed by atoms with Crippen molar-refractivity contribution >= 4 is 5.82 Å². The molecule has 174 valence electrons. The molecule has 1 aromatic heterocycles. The third-order valence-electron chi connectivity index (χ3n) is 6.03. The third-order valence-corrected chi connectivity index (χ3v) is 6.03. The molecule has 0 radical (unpaired) electrons. The molecule has 1 N–H and O–H groups in total. The monoisotopic (exact) mass is 448 g/mol. The van der Waals surface area contributed by atoms with Crippen LogP contribution in [0.2, 0.25) is 0 Å². The van der Waals surface area contributed by atoms with Crippen LogP contribution in [-0.4, -0.2) is 11.0 Å². The molecular weight excluding hydrogens is 414 g/mol. The van der Waals surface area contributed by atoms with Crippen LogP contribution in [0.3, 0.4) is 0 Å². The van der Waals surface area contributed by atoms with Gasteiger partial charge in [-0.2, -0.15) is 0 Å². The predicted molar refractivity (Wildman–Crippen MR) is 136 cm³/mol. The highest BCUT2D eigenvalue weighted by molar-refractivity contribution is 5.80. The summed E-state index contributed by atoms with van der Waals surface area (Å²) in [5.74, 6) is 0.234. The van der Waals surface area contributed by atoms with Gasteiger partial charge in [-0.05, 0) is 113 Å². The van der Waals surface area contributed by atoms with Gasteiger partial charge in [0, 0.05) is 23.4 Å². The Bertz CT molecular complexity index is 1140. The van der Waals surface area contributed by atoms with Crippen molar-refractivity contribution < 1.29 is 8.78 Å². The van der Waals surface area contributed by atoms with E-state index in [1.165, 1.54) is 5.57 Å². The summed E-state index contributed by atoms with van der Waals surface area (Å²) < 4.78 is 30.5. The molecule has 0 atom stereocenters. The van der Waals surface area contributed by atoms with E-state index in [2.05, 4.69) is 16.4 Å². The second-order valence-corrected chi connectivity index (χ2v) is 9.30. The Kier molecular flexibility index (Phi) is 7.68. The van der Waals surface area contributed by atoms with E-state index in [1.807, 2.05) is 65.8 Å². The molecule has 2 aromatic carbocycles. The van der Waals surface area contributed by atoms with Crippen molar-refractivity contribution in [2.75, 3.05) is 5.32 Å². The predicted octanol–water partition coefficient (Wildman–Crippen LogP) is 8.34. The van der Waals surface area contributed by atoms with Crippen LogP contribution < -0.4 is 5.32 Å². The molecule has 0 saturated heterocycles. The lowest BCUT2D eigenvalue weighted by Gasteiger charge is -2.19. The molecule has 0 fully saturated rings. The van der Waals surface area contributed by atoms with Crippen LogP contribution in [-0.2, 0) is 6.42 Å². The summed E-state index contributed by atoms with van der Waals surface area (Å²) in [5.41, 5.74) is 6.97. The van der Waals surface area contributed by atoms with Crippen LogP contribution >= 0.6 is 0 Å². The lowest BCUT2D eigenvalue weighted by molar-refractivity contribution is 0.609. The zero-order valence-corrected chi connectivity index (χ0v) is 20.7. The number of hydrogen-bond donors (Lipinski definition) is 1. The largest absolute Gasteiger partial charge is 0.368 e. The molecule has 33 heavy (non-hydrogen) atoms. The maximum atomic E-state index is 15.7. The van der Waals surface area contributed by atoms with E-state index in [1.54, 1.807) is 19.2 Å². The maximum Gasteiger partial charge on any atom is 0.134 e. The van der Waals surface area contributed by atoms with Gasteiger partial charge in [0.1, 0.15) is 17.5 Å². The highest BCUT2D eigenvalue weighted by Crippen LogP contribution is 2.39. The number of nitrogens with one attached hydrogen (secondary N) is 1. The zero-order valence-electron chi connectivity index (χ0n) is 20.7. The van der Waals surface area contributed by atoms with Crippen molar-refractivity contribution in [2.24, 2.45) is 0 Å². The Balaban J connectivity index is 2.01. The van der Waals surface area contributed by atoms with Crippen molar-refractivity contribution in [3.8, 4) is 22.3 Å². The second kappa shape index (κ2) is 10.3. The number of benzene rings is 2. The van der Waals surface area contributed by atoms with Crippen molar-refractivity contribution in [1.29, 1.82) is 0 Å². The molecule has 4 heteroatoms. The number of aromatic nitrogens is 1. The first kappa shape index (κ1) is 24.6. The maximum absolute atomic E-state index is 15.7. The number of nitrogens with zero attached hydrogens (tertiary/aromatic N) is 1. The average molecular weight is 449 g/mol. The van der Waals surface area contributed by atoms with Gasteiger partial charge in [-0.25, -0.2) is 13.8 Å². The summed E-state index contributed by atoms with van der Waals surface area (Å²) in [6.07, 6.45) is 5.27. The molecule has 0 unspecified atom stereocenters. The zero-order chi connectivity index (χ0) is 24.3. The van der Waals surface area contributed by atoms with Gasteiger partial charge in [-0.15, -0.1) is 0 Å². The summed E-state index contributed by atoms with van der Waals surface area (Å²) in [7, 11) is 0. The van der Waals surface area contributed by atoms with E-state index >= 15 is 4.39 Å². The van der Waals surface area contributed by atoms with Crippen molar-refractivity contribution in [3.05, 3.63) is 82.1 Å². The number of hydrogen-bond acceptors (Lipinski definition) is 2. The fourth-order valence-corrected chi connectivity index (χ4v) is 4.24. The van der Waals surface area contributed by atoms with Gasteiger partial charge in [0.05, 0.1) is 0 Å². The van der Waals surface area contributed by atoms with E-state index < -0.39 is 0 Å². The number of anilines is 1. The van der Waals surface area contributed by atoms with Crippen LogP contribution in [0.1, 0.15) is 56.4 Å². The lowest BCUT2D eigenvalue weighted by Crippen LogP contribution is -2.10. The molecule has 3 aromatic rings. The van der Waals surface area contributed by atoms with Crippen LogP contribution in [0, 0.1) is 32.4 Å². The van der Waals surface area contributed by atoms with Gasteiger partial charge in [-0.3, -0.25) is 0 Å². The molecule has 0 amide bonds. The van der Waals surface area contributed by atoms with E-state index in [0.29, 0.717) is 28.7 Å². The van der Waals surface area contributed by atoms with E-state index in [-0.39, 0.29) is 17.7 Å². The minimum atomic E-state index is -0.285. The van der Waals surface area contributed by atoms with E-state index in [4.69, 9.17) is 0 Å². The van der Waals surface area contributed by atoms with Gasteiger partial charge >= 0.3 is 0 Å². The molecular formula is C29H34F2N2. The first-order valence-electron chi connectivity index (χ1n) is 11.5. The number of allylic oxidation sites excluding steroid dienone is 2. The summed E-state index contributed by atoms with van der Waals surface area (Å²) in [5, 5.41) is 3.25. The summed E-state index contributed by atoms with van der Waals surface area (Å²) in [6.45, 7) is 13.8. The average Bonchev–Trinajstić information content (AvgIpc) is 2.75. The summed E-state index contributed by atoms with van der Waals surface area (Å²) in [6, 6.07) is 9.30. The minimum absolute atomic E-state index is 0.243. The van der Waals surface area contributed by atoms with Crippen molar-refractivity contribution in [3.63, 3.8) is 0 Å². The van der Waals surface area contributed by atoms with Gasteiger partial charge in [-0.1, -0.05) is 23.8 Å². The topological polar surface area (TPSA) is 24.9 Å². The van der Waals surface area contributed by atoms with E-state index in [0.717, 1.165) is 34.5 Å². The highest BCUT2D eigenvalue weighted by Gasteiger charge is 2.20. The molecule has 0 bridgehead atoms.